The SMILES string of the molecule is Cc1ccc(S(=O)(=O)N2CCCC(C(=O)N(CC3CCCO3)c3nc4c(C)c(Cl)ccc4s3)C2)cc1. The number of sulfonamides is 1. The van der Waals surface area contributed by atoms with Crippen molar-refractivity contribution in [3.8, 4) is 0 Å². The number of aromatic nitrogens is 1. The first-order chi connectivity index (χ1) is 17.2. The molecule has 2 fully saturated rings. The molecule has 0 N–H and O–H groups in total. The molecule has 1 amide bonds. The van der Waals surface area contributed by atoms with Crippen molar-refractivity contribution >= 4 is 54.2 Å². The number of ether oxygens (including phenoxy) is 1. The van der Waals surface area contributed by atoms with E-state index in [0.717, 1.165) is 34.2 Å². The molecule has 1 aromatic heterocycles. The minimum Gasteiger partial charge on any atom is -0.376 e. The zero-order valence-corrected chi connectivity index (χ0v) is 22.8. The predicted molar refractivity (Wildman–Crippen MR) is 143 cm³/mol. The summed E-state index contributed by atoms with van der Waals surface area (Å²) in [6, 6.07) is 10.6. The standard InChI is InChI=1S/C26H30ClN3O4S2/c1-17-7-9-21(10-8-17)36(32,33)29-13-3-5-19(15-29)25(31)30(16-20-6-4-14-34-20)26-28-24-18(2)22(27)11-12-23(24)35-26/h7-12,19-20H,3-6,13-16H2,1-2H3. The molecule has 2 saturated heterocycles. The second kappa shape index (κ2) is 10.4. The molecule has 10 heteroatoms. The predicted octanol–water partition coefficient (Wildman–Crippen LogP) is 5.18. The van der Waals surface area contributed by atoms with Crippen LogP contribution in [0.5, 0.6) is 0 Å². The average Bonchev–Trinajstić information content (AvgIpc) is 3.55. The van der Waals surface area contributed by atoms with Gasteiger partial charge in [-0.05, 0) is 69.4 Å². The second-order valence-electron chi connectivity index (χ2n) is 9.61. The van der Waals surface area contributed by atoms with Crippen molar-refractivity contribution in [3.05, 3.63) is 52.5 Å². The van der Waals surface area contributed by atoms with Gasteiger partial charge < -0.3 is 4.74 Å². The van der Waals surface area contributed by atoms with Crippen molar-refractivity contribution in [2.24, 2.45) is 5.92 Å². The molecule has 36 heavy (non-hydrogen) atoms. The Morgan fingerprint density at radius 1 is 1.17 bits per heavy atom. The van der Waals surface area contributed by atoms with E-state index in [9.17, 15) is 13.2 Å². The number of hydrogen-bond donors (Lipinski definition) is 0. The van der Waals surface area contributed by atoms with Gasteiger partial charge in [0.25, 0.3) is 0 Å². The van der Waals surface area contributed by atoms with Crippen LogP contribution in [0.2, 0.25) is 5.02 Å². The van der Waals surface area contributed by atoms with Crippen molar-refractivity contribution in [2.45, 2.75) is 50.5 Å². The van der Waals surface area contributed by atoms with E-state index in [4.69, 9.17) is 21.3 Å². The van der Waals surface area contributed by atoms with E-state index in [0.29, 0.717) is 42.7 Å². The number of rotatable bonds is 6. The highest BCUT2D eigenvalue weighted by molar-refractivity contribution is 7.89. The quantitative estimate of drug-likeness (QED) is 0.425. The summed E-state index contributed by atoms with van der Waals surface area (Å²) >= 11 is 7.77. The summed E-state index contributed by atoms with van der Waals surface area (Å²) in [5, 5.41) is 1.25. The van der Waals surface area contributed by atoms with E-state index in [1.807, 2.05) is 26.0 Å². The van der Waals surface area contributed by atoms with Crippen molar-refractivity contribution < 1.29 is 17.9 Å². The maximum Gasteiger partial charge on any atom is 0.243 e. The Labute approximate surface area is 221 Å². The number of carbonyl (C=O) groups is 1. The normalized spacial score (nSPS) is 21.2. The lowest BCUT2D eigenvalue weighted by Crippen LogP contribution is -2.48. The monoisotopic (exact) mass is 547 g/mol. The van der Waals surface area contributed by atoms with E-state index < -0.39 is 15.9 Å². The van der Waals surface area contributed by atoms with Gasteiger partial charge in [-0.15, -0.1) is 0 Å². The third-order valence-electron chi connectivity index (χ3n) is 7.04. The minimum atomic E-state index is -3.68. The van der Waals surface area contributed by atoms with E-state index in [1.165, 1.54) is 15.6 Å². The first-order valence-corrected chi connectivity index (χ1v) is 14.9. The molecule has 0 aliphatic carbocycles. The van der Waals surface area contributed by atoms with Crippen LogP contribution in [0.3, 0.4) is 0 Å². The zero-order valence-electron chi connectivity index (χ0n) is 20.4. The average molecular weight is 548 g/mol. The van der Waals surface area contributed by atoms with Gasteiger partial charge in [-0.25, -0.2) is 13.4 Å². The summed E-state index contributed by atoms with van der Waals surface area (Å²) in [7, 11) is -3.68. The first-order valence-electron chi connectivity index (χ1n) is 12.3. The molecule has 0 radical (unpaired) electrons. The summed E-state index contributed by atoms with van der Waals surface area (Å²) in [6.07, 6.45) is 3.06. The molecule has 2 aliphatic rings. The highest BCUT2D eigenvalue weighted by atomic mass is 35.5. The Bertz CT molecular complexity index is 1370. The van der Waals surface area contributed by atoms with E-state index >= 15 is 0 Å². The van der Waals surface area contributed by atoms with Crippen LogP contribution >= 0.6 is 22.9 Å². The lowest BCUT2D eigenvalue weighted by Gasteiger charge is -2.34. The van der Waals surface area contributed by atoms with Crippen molar-refractivity contribution in [3.63, 3.8) is 0 Å². The molecule has 0 saturated carbocycles. The molecule has 2 aliphatic heterocycles. The Morgan fingerprint density at radius 3 is 2.67 bits per heavy atom. The summed E-state index contributed by atoms with van der Waals surface area (Å²) in [5.74, 6) is -0.547. The Kier molecular flexibility index (Phi) is 7.38. The van der Waals surface area contributed by atoms with Gasteiger partial charge in [-0.1, -0.05) is 40.6 Å². The fraction of sp³-hybridized carbons (Fsp3) is 0.462. The van der Waals surface area contributed by atoms with Crippen LogP contribution in [0, 0.1) is 19.8 Å². The molecule has 3 heterocycles. The molecule has 7 nitrogen and oxygen atoms in total. The van der Waals surface area contributed by atoms with Crippen molar-refractivity contribution in [1.29, 1.82) is 0 Å². The van der Waals surface area contributed by atoms with Gasteiger partial charge in [-0.3, -0.25) is 9.69 Å². The maximum atomic E-state index is 14.0. The number of carbonyl (C=O) groups excluding carboxylic acids is 1. The number of hydrogen-bond acceptors (Lipinski definition) is 6. The number of benzene rings is 2. The maximum absolute atomic E-state index is 14.0. The fourth-order valence-corrected chi connectivity index (χ4v) is 7.62. The summed E-state index contributed by atoms with van der Waals surface area (Å²) in [6.45, 7) is 5.51. The molecule has 2 aromatic carbocycles. The van der Waals surface area contributed by atoms with Crippen LogP contribution in [-0.4, -0.2) is 56.0 Å². The highest BCUT2D eigenvalue weighted by Gasteiger charge is 2.37. The lowest BCUT2D eigenvalue weighted by atomic mass is 9.98. The molecule has 5 rings (SSSR count). The van der Waals surface area contributed by atoms with E-state index in [2.05, 4.69) is 0 Å². The van der Waals surface area contributed by atoms with Crippen molar-refractivity contribution in [1.82, 2.24) is 9.29 Å². The van der Waals surface area contributed by atoms with Gasteiger partial charge in [0.1, 0.15) is 0 Å². The highest BCUT2D eigenvalue weighted by Crippen LogP contribution is 2.36. The van der Waals surface area contributed by atoms with Crippen LogP contribution in [0.4, 0.5) is 5.13 Å². The minimum absolute atomic E-state index is 0.0540. The lowest BCUT2D eigenvalue weighted by molar-refractivity contribution is -0.123. The molecule has 2 unspecified atom stereocenters. The van der Waals surface area contributed by atoms with Gasteiger partial charge >= 0.3 is 0 Å². The van der Waals surface area contributed by atoms with Crippen LogP contribution in [0.25, 0.3) is 10.2 Å². The van der Waals surface area contributed by atoms with Crippen LogP contribution in [0.15, 0.2) is 41.3 Å². The molecule has 192 valence electrons. The number of thiazole rings is 1. The Morgan fingerprint density at radius 2 is 1.94 bits per heavy atom. The van der Waals surface area contributed by atoms with Gasteiger partial charge in [0.05, 0.1) is 33.7 Å². The van der Waals surface area contributed by atoms with Crippen LogP contribution in [0.1, 0.15) is 36.8 Å². The summed E-state index contributed by atoms with van der Waals surface area (Å²) < 4.78 is 34.9. The Balaban J connectivity index is 1.43. The number of nitrogens with zero attached hydrogens (tertiary/aromatic N) is 3. The molecule has 0 spiro atoms. The molecular weight excluding hydrogens is 518 g/mol. The third-order valence-corrected chi connectivity index (χ3v) is 10.4. The molecular formula is C26H30ClN3O4S2. The summed E-state index contributed by atoms with van der Waals surface area (Å²) in [4.78, 5) is 20.7. The number of aryl methyl sites for hydroxylation is 2. The number of fused-ring (bicyclic) bond motifs is 1. The van der Waals surface area contributed by atoms with Gasteiger partial charge in [0, 0.05) is 24.7 Å². The number of anilines is 1. The van der Waals surface area contributed by atoms with E-state index in [1.54, 1.807) is 29.2 Å². The topological polar surface area (TPSA) is 79.8 Å². The molecule has 0 bridgehead atoms. The van der Waals surface area contributed by atoms with Crippen LogP contribution in [-0.2, 0) is 19.6 Å². The third kappa shape index (κ3) is 5.04. The molecule has 3 aromatic rings. The zero-order chi connectivity index (χ0) is 25.4. The van der Waals surface area contributed by atoms with Gasteiger partial charge in [-0.2, -0.15) is 4.31 Å². The second-order valence-corrected chi connectivity index (χ2v) is 13.0. The largest absolute Gasteiger partial charge is 0.376 e. The molecule has 2 atom stereocenters. The van der Waals surface area contributed by atoms with Gasteiger partial charge in [0.15, 0.2) is 5.13 Å². The summed E-state index contributed by atoms with van der Waals surface area (Å²) in [5.41, 5.74) is 2.67. The first kappa shape index (κ1) is 25.6. The Hall–Kier alpha value is -2.04. The number of amides is 1. The van der Waals surface area contributed by atoms with Gasteiger partial charge in [0.2, 0.25) is 15.9 Å². The van der Waals surface area contributed by atoms with Crippen molar-refractivity contribution in [2.75, 3.05) is 31.1 Å². The number of piperidine rings is 1. The number of halogens is 1. The van der Waals surface area contributed by atoms with E-state index in [-0.39, 0.29) is 23.5 Å². The fourth-order valence-electron chi connectivity index (χ4n) is 4.90. The smallest absolute Gasteiger partial charge is 0.243 e. The van der Waals surface area contributed by atoms with Crippen LogP contribution < -0.4 is 4.90 Å².